The number of nitrogens with zero attached hydrogens (tertiary/aromatic N) is 1. The predicted molar refractivity (Wildman–Crippen MR) is 157 cm³/mol. The van der Waals surface area contributed by atoms with E-state index in [0.29, 0.717) is 31.7 Å². The highest BCUT2D eigenvalue weighted by Gasteiger charge is 2.48. The number of unbranched alkanes of at least 4 members (excludes halogenated alkanes) is 3. The number of allylic oxidation sites excluding steroid dienone is 2. The van der Waals surface area contributed by atoms with Crippen LogP contribution >= 0.6 is 0 Å². The Hall–Kier alpha value is -4.43. The molecule has 0 saturated heterocycles. The zero-order valence-corrected chi connectivity index (χ0v) is 24.9. The first-order valence-corrected chi connectivity index (χ1v) is 14.3. The van der Waals surface area contributed by atoms with Gasteiger partial charge in [0.25, 0.3) is 5.69 Å². The summed E-state index contributed by atoms with van der Waals surface area (Å²) in [5, 5.41) is 27.1. The van der Waals surface area contributed by atoms with Gasteiger partial charge in [0, 0.05) is 23.9 Å². The number of aliphatic hydroxyl groups is 1. The summed E-state index contributed by atoms with van der Waals surface area (Å²) in [5.74, 6) is -3.52. The molecule has 0 aromatic heterocycles. The van der Waals surface area contributed by atoms with Crippen LogP contribution in [-0.4, -0.2) is 67.7 Å². The van der Waals surface area contributed by atoms with E-state index in [1.165, 1.54) is 25.1 Å². The molecule has 0 spiro atoms. The van der Waals surface area contributed by atoms with Gasteiger partial charge in [0.1, 0.15) is 24.2 Å². The Labute approximate surface area is 258 Å². The van der Waals surface area contributed by atoms with E-state index in [1.54, 1.807) is 12.1 Å². The van der Waals surface area contributed by atoms with E-state index >= 15 is 0 Å². The zero-order valence-electron chi connectivity index (χ0n) is 24.9. The van der Waals surface area contributed by atoms with Gasteiger partial charge in [-0.3, -0.25) is 10.1 Å². The number of hydrogen-bond donors (Lipinski definition) is 3. The van der Waals surface area contributed by atoms with Gasteiger partial charge in [-0.05, 0) is 38.4 Å². The van der Waals surface area contributed by atoms with Crippen LogP contribution in [0.4, 0.5) is 18.9 Å². The second kappa shape index (κ2) is 16.6. The minimum absolute atomic E-state index is 0.0639. The molecule has 2 aromatic rings. The smallest absolute Gasteiger partial charge is 0.431 e. The summed E-state index contributed by atoms with van der Waals surface area (Å²) in [7, 11) is 0.876. The second-order valence-electron chi connectivity index (χ2n) is 10.2. The maximum atomic E-state index is 14.1. The van der Waals surface area contributed by atoms with Crippen LogP contribution in [-0.2, 0) is 19.1 Å². The molecule has 0 amide bonds. The summed E-state index contributed by atoms with van der Waals surface area (Å²) >= 11 is 0. The Bertz CT molecular complexity index is 1400. The molecule has 3 N–H and O–H groups in total. The SMILES string of the molecule is COC(=O)C1=C(C(F)(F)F)NC(C)=C(C(=O)OCCCCCCNCC(O)COc2ccccc2)C1c1ccccc1[N+](=O)[O-]. The molecule has 14 heteroatoms. The van der Waals surface area contributed by atoms with Gasteiger partial charge in [0.15, 0.2) is 0 Å². The van der Waals surface area contributed by atoms with E-state index in [9.17, 15) is 38.0 Å². The molecule has 0 saturated carbocycles. The lowest BCUT2D eigenvalue weighted by molar-refractivity contribution is -0.385. The molecule has 1 aliphatic heterocycles. The van der Waals surface area contributed by atoms with Crippen LogP contribution in [0.3, 0.4) is 0 Å². The van der Waals surface area contributed by atoms with E-state index < -0.39 is 52.0 Å². The fourth-order valence-corrected chi connectivity index (χ4v) is 4.85. The van der Waals surface area contributed by atoms with Crippen LogP contribution in [0.1, 0.15) is 44.1 Å². The summed E-state index contributed by atoms with van der Waals surface area (Å²) in [5.41, 5.74) is -3.95. The average Bonchev–Trinajstić information content (AvgIpc) is 3.01. The molecule has 1 heterocycles. The normalized spacial score (nSPS) is 15.7. The van der Waals surface area contributed by atoms with Gasteiger partial charge < -0.3 is 30.0 Å². The quantitative estimate of drug-likeness (QED) is 0.103. The van der Waals surface area contributed by atoms with Crippen LogP contribution in [0.25, 0.3) is 0 Å². The van der Waals surface area contributed by atoms with Crippen molar-refractivity contribution in [2.24, 2.45) is 0 Å². The van der Waals surface area contributed by atoms with Crippen LogP contribution < -0.4 is 15.4 Å². The third-order valence-corrected chi connectivity index (χ3v) is 6.96. The maximum Gasteiger partial charge on any atom is 0.431 e. The lowest BCUT2D eigenvalue weighted by atomic mass is 9.79. The van der Waals surface area contributed by atoms with Gasteiger partial charge in [-0.2, -0.15) is 13.2 Å². The number of methoxy groups -OCH3 is 1. The second-order valence-corrected chi connectivity index (χ2v) is 10.2. The molecular formula is C31H36F3N3O8. The summed E-state index contributed by atoms with van der Waals surface area (Å²) in [4.78, 5) is 37.0. The number of nitro groups is 1. The van der Waals surface area contributed by atoms with Crippen molar-refractivity contribution in [3.8, 4) is 5.75 Å². The van der Waals surface area contributed by atoms with Crippen molar-refractivity contribution in [1.82, 2.24) is 10.6 Å². The zero-order chi connectivity index (χ0) is 33.0. The largest absolute Gasteiger partial charge is 0.491 e. The van der Waals surface area contributed by atoms with Gasteiger partial charge in [0.2, 0.25) is 0 Å². The number of ether oxygens (including phenoxy) is 3. The molecule has 2 aromatic carbocycles. The standard InChI is InChI=1S/C31H36F3N3O8/c1-20-25(30(40)44-17-11-4-3-10-16-35-18-21(38)19-45-22-12-6-5-7-13-22)26(23-14-8-9-15-24(23)37(41)42)27(29(39)43-2)28(36-20)31(32,33)34/h5-9,12-15,21,26,35-36,38H,3-4,10-11,16-19H2,1-2H3. The number of rotatable bonds is 16. The van der Waals surface area contributed by atoms with Crippen molar-refractivity contribution in [2.45, 2.75) is 50.8 Å². The van der Waals surface area contributed by atoms with Gasteiger partial charge in [-0.1, -0.05) is 49.2 Å². The predicted octanol–water partition coefficient (Wildman–Crippen LogP) is 4.68. The summed E-state index contributed by atoms with van der Waals surface area (Å²) in [6, 6.07) is 14.1. The molecule has 11 nitrogen and oxygen atoms in total. The number of carbonyl (C=O) groups excluding carboxylic acids is 2. The van der Waals surface area contributed by atoms with E-state index in [1.807, 2.05) is 18.2 Å². The number of alkyl halides is 3. The number of carbonyl (C=O) groups is 2. The summed E-state index contributed by atoms with van der Waals surface area (Å²) in [6.07, 6.45) is -3.08. The Kier molecular flexibility index (Phi) is 12.9. The van der Waals surface area contributed by atoms with Crippen LogP contribution in [0.5, 0.6) is 5.75 Å². The summed E-state index contributed by atoms with van der Waals surface area (Å²) in [6.45, 7) is 2.29. The molecule has 3 rings (SSSR count). The minimum Gasteiger partial charge on any atom is -0.491 e. The third kappa shape index (κ3) is 9.78. The van der Waals surface area contributed by atoms with Crippen molar-refractivity contribution in [3.05, 3.63) is 92.8 Å². The van der Waals surface area contributed by atoms with Crippen LogP contribution in [0.2, 0.25) is 0 Å². The molecular weight excluding hydrogens is 599 g/mol. The lowest BCUT2D eigenvalue weighted by Crippen LogP contribution is -2.38. The number of esters is 2. The van der Waals surface area contributed by atoms with Crippen molar-refractivity contribution in [2.75, 3.05) is 33.4 Å². The molecule has 1 aliphatic rings. The van der Waals surface area contributed by atoms with Gasteiger partial charge in [-0.15, -0.1) is 0 Å². The first-order chi connectivity index (χ1) is 21.5. The Morgan fingerprint density at radius 1 is 1.02 bits per heavy atom. The molecule has 244 valence electrons. The van der Waals surface area contributed by atoms with Crippen molar-refractivity contribution < 1.29 is 47.0 Å². The van der Waals surface area contributed by atoms with Crippen LogP contribution in [0.15, 0.2) is 77.1 Å². The highest BCUT2D eigenvalue weighted by Crippen LogP contribution is 2.45. The Balaban J connectivity index is 1.57. The molecule has 2 unspecified atom stereocenters. The number of aliphatic hydroxyl groups excluding tert-OH is 1. The first-order valence-electron chi connectivity index (χ1n) is 14.3. The number of hydrogen-bond acceptors (Lipinski definition) is 10. The molecule has 45 heavy (non-hydrogen) atoms. The molecule has 2 atom stereocenters. The van der Waals surface area contributed by atoms with Crippen molar-refractivity contribution in [1.29, 1.82) is 0 Å². The molecule has 0 radical (unpaired) electrons. The maximum absolute atomic E-state index is 14.1. The average molecular weight is 636 g/mol. The fourth-order valence-electron chi connectivity index (χ4n) is 4.85. The van der Waals surface area contributed by atoms with Gasteiger partial charge >= 0.3 is 18.1 Å². The Morgan fingerprint density at radius 3 is 2.36 bits per heavy atom. The topological polar surface area (TPSA) is 149 Å². The number of nitro benzene ring substituents is 1. The molecule has 0 bridgehead atoms. The minimum atomic E-state index is -5.06. The Morgan fingerprint density at radius 2 is 1.69 bits per heavy atom. The number of benzene rings is 2. The van der Waals surface area contributed by atoms with E-state index in [0.717, 1.165) is 26.0 Å². The van der Waals surface area contributed by atoms with E-state index in [-0.39, 0.29) is 30.0 Å². The first kappa shape index (κ1) is 35.1. The molecule has 0 fully saturated rings. The fraction of sp³-hybridized carbons (Fsp3) is 0.419. The van der Waals surface area contributed by atoms with Crippen molar-refractivity contribution in [3.63, 3.8) is 0 Å². The number of dihydropyridines is 1. The highest BCUT2D eigenvalue weighted by molar-refractivity contribution is 6.00. The number of halogens is 3. The molecule has 0 aliphatic carbocycles. The van der Waals surface area contributed by atoms with Gasteiger partial charge in [0.05, 0.1) is 35.7 Å². The third-order valence-electron chi connectivity index (χ3n) is 6.96. The van der Waals surface area contributed by atoms with Crippen molar-refractivity contribution >= 4 is 17.6 Å². The monoisotopic (exact) mass is 635 g/mol. The van der Waals surface area contributed by atoms with E-state index in [4.69, 9.17) is 9.47 Å². The number of para-hydroxylation sites is 2. The lowest BCUT2D eigenvalue weighted by Gasteiger charge is -2.31. The number of nitrogens with one attached hydrogen (secondary N) is 2. The van der Waals surface area contributed by atoms with Gasteiger partial charge in [-0.25, -0.2) is 9.59 Å². The van der Waals surface area contributed by atoms with Crippen LogP contribution in [0, 0.1) is 10.1 Å². The summed E-state index contributed by atoms with van der Waals surface area (Å²) < 4.78 is 57.7. The van der Waals surface area contributed by atoms with E-state index in [2.05, 4.69) is 15.4 Å². The highest BCUT2D eigenvalue weighted by atomic mass is 19.4.